The molecule has 0 bridgehead atoms. The topological polar surface area (TPSA) is 75.6 Å². The minimum atomic E-state index is -1.06. The Morgan fingerprint density at radius 3 is 2.88 bits per heavy atom. The number of aromatic nitrogens is 2. The molecule has 2 unspecified atom stereocenters. The van der Waals surface area contributed by atoms with Crippen LogP contribution < -0.4 is 4.90 Å². The molecule has 1 fully saturated rings. The lowest BCUT2D eigenvalue weighted by Gasteiger charge is -2.37. The van der Waals surface area contributed by atoms with Crippen LogP contribution in [0.2, 0.25) is 0 Å². The molecule has 17 heavy (non-hydrogen) atoms. The van der Waals surface area contributed by atoms with Gasteiger partial charge in [0, 0.05) is 18.9 Å². The number of hydrogen-bond donors (Lipinski definition) is 1. The Morgan fingerprint density at radius 1 is 1.47 bits per heavy atom. The predicted octanol–water partition coefficient (Wildman–Crippen LogP) is 0.788. The van der Waals surface area contributed by atoms with E-state index in [9.17, 15) is 4.79 Å². The number of ether oxygens (including phenoxy) is 1. The zero-order valence-electron chi connectivity index (χ0n) is 9.83. The number of aromatic carboxylic acids is 1. The lowest BCUT2D eigenvalue weighted by atomic mass is 10.2. The summed E-state index contributed by atoms with van der Waals surface area (Å²) in [6, 6.07) is 0.0981. The van der Waals surface area contributed by atoms with Gasteiger partial charge in [-0.05, 0) is 13.8 Å². The molecule has 1 aromatic heterocycles. The van der Waals surface area contributed by atoms with Gasteiger partial charge in [0.05, 0.1) is 18.8 Å². The van der Waals surface area contributed by atoms with Crippen molar-refractivity contribution in [3.05, 3.63) is 18.1 Å². The normalized spacial score (nSPS) is 24.7. The van der Waals surface area contributed by atoms with Gasteiger partial charge >= 0.3 is 5.97 Å². The second-order valence-electron chi connectivity index (χ2n) is 4.18. The Labute approximate surface area is 99.2 Å². The maximum Gasteiger partial charge on any atom is 0.358 e. The molecular weight excluding hydrogens is 222 g/mol. The highest BCUT2D eigenvalue weighted by molar-refractivity contribution is 5.91. The van der Waals surface area contributed by atoms with Crippen molar-refractivity contribution >= 4 is 11.8 Å². The van der Waals surface area contributed by atoms with E-state index in [1.807, 2.05) is 18.7 Å². The molecule has 1 N–H and O–H groups in total. The third-order valence-corrected chi connectivity index (χ3v) is 2.76. The average Bonchev–Trinajstić information content (AvgIpc) is 2.32. The third-order valence-electron chi connectivity index (χ3n) is 2.76. The van der Waals surface area contributed by atoms with E-state index in [-0.39, 0.29) is 17.8 Å². The Hall–Kier alpha value is -1.69. The first-order chi connectivity index (χ1) is 8.09. The van der Waals surface area contributed by atoms with Crippen molar-refractivity contribution in [3.8, 4) is 0 Å². The number of hydrogen-bond acceptors (Lipinski definition) is 5. The maximum absolute atomic E-state index is 11.1. The number of carbonyl (C=O) groups is 1. The summed E-state index contributed by atoms with van der Waals surface area (Å²) in [4.78, 5) is 21.0. The van der Waals surface area contributed by atoms with Gasteiger partial charge in [-0.15, -0.1) is 0 Å². The monoisotopic (exact) mass is 237 g/mol. The molecule has 92 valence electrons. The lowest BCUT2D eigenvalue weighted by molar-refractivity contribution is 0.0337. The SMILES string of the molecule is CC1CN(c2nccnc2C(=O)O)C(C)CO1. The van der Waals surface area contributed by atoms with Gasteiger partial charge in [-0.25, -0.2) is 14.8 Å². The van der Waals surface area contributed by atoms with Crippen molar-refractivity contribution in [2.75, 3.05) is 18.1 Å². The van der Waals surface area contributed by atoms with Crippen LogP contribution in [0, 0.1) is 0 Å². The molecule has 2 atom stereocenters. The molecule has 0 saturated carbocycles. The molecule has 0 radical (unpaired) electrons. The molecule has 0 aromatic carbocycles. The van der Waals surface area contributed by atoms with E-state index in [4.69, 9.17) is 9.84 Å². The molecule has 2 rings (SSSR count). The number of rotatable bonds is 2. The zero-order chi connectivity index (χ0) is 12.4. The molecule has 6 nitrogen and oxygen atoms in total. The highest BCUT2D eigenvalue weighted by Crippen LogP contribution is 2.21. The first kappa shape index (κ1) is 11.8. The first-order valence-corrected chi connectivity index (χ1v) is 5.52. The van der Waals surface area contributed by atoms with Gasteiger partial charge in [0.15, 0.2) is 11.5 Å². The van der Waals surface area contributed by atoms with E-state index >= 15 is 0 Å². The fourth-order valence-electron chi connectivity index (χ4n) is 1.89. The number of carboxylic acid groups (broad SMARTS) is 1. The van der Waals surface area contributed by atoms with Crippen LogP contribution in [-0.4, -0.2) is 46.3 Å². The summed E-state index contributed by atoms with van der Waals surface area (Å²) in [6.07, 6.45) is 2.96. The highest BCUT2D eigenvalue weighted by atomic mass is 16.5. The second kappa shape index (κ2) is 4.67. The van der Waals surface area contributed by atoms with Crippen molar-refractivity contribution in [2.24, 2.45) is 0 Å². The van der Waals surface area contributed by atoms with E-state index in [1.54, 1.807) is 0 Å². The molecule has 2 heterocycles. The molecule has 6 heteroatoms. The highest BCUT2D eigenvalue weighted by Gasteiger charge is 2.28. The average molecular weight is 237 g/mol. The van der Waals surface area contributed by atoms with Crippen molar-refractivity contribution < 1.29 is 14.6 Å². The van der Waals surface area contributed by atoms with Gasteiger partial charge in [-0.1, -0.05) is 0 Å². The largest absolute Gasteiger partial charge is 0.476 e. The number of anilines is 1. The molecule has 1 aromatic rings. The van der Waals surface area contributed by atoms with Gasteiger partial charge < -0.3 is 14.7 Å². The van der Waals surface area contributed by atoms with E-state index < -0.39 is 5.97 Å². The summed E-state index contributed by atoms with van der Waals surface area (Å²) in [7, 11) is 0. The molecular formula is C11H15N3O3. The van der Waals surface area contributed by atoms with Crippen LogP contribution in [0.25, 0.3) is 0 Å². The standard InChI is InChI=1S/C11H15N3O3/c1-7-6-17-8(2)5-14(7)10-9(11(15)16)12-3-4-13-10/h3-4,7-8H,5-6H2,1-2H3,(H,15,16). The third kappa shape index (κ3) is 2.36. The van der Waals surface area contributed by atoms with E-state index in [1.165, 1.54) is 12.4 Å². The minimum Gasteiger partial charge on any atom is -0.476 e. The van der Waals surface area contributed by atoms with Crippen LogP contribution in [0.3, 0.4) is 0 Å². The molecule has 1 aliphatic heterocycles. The van der Waals surface area contributed by atoms with Gasteiger partial charge in [0.1, 0.15) is 0 Å². The summed E-state index contributed by atoms with van der Waals surface area (Å²) in [5, 5.41) is 9.09. The quantitative estimate of drug-likeness (QED) is 0.819. The summed E-state index contributed by atoms with van der Waals surface area (Å²) in [5.74, 6) is -0.637. The smallest absolute Gasteiger partial charge is 0.358 e. The van der Waals surface area contributed by atoms with Crippen molar-refractivity contribution in [2.45, 2.75) is 26.0 Å². The minimum absolute atomic E-state index is 0.00606. The second-order valence-corrected chi connectivity index (χ2v) is 4.18. The van der Waals surface area contributed by atoms with Gasteiger partial charge in [0.25, 0.3) is 0 Å². The van der Waals surface area contributed by atoms with Crippen LogP contribution in [0.1, 0.15) is 24.3 Å². The van der Waals surface area contributed by atoms with Crippen LogP contribution in [0.5, 0.6) is 0 Å². The van der Waals surface area contributed by atoms with Crippen LogP contribution in [0.15, 0.2) is 12.4 Å². The fraction of sp³-hybridized carbons (Fsp3) is 0.545. The number of carboxylic acids is 1. The Balaban J connectivity index is 2.35. The zero-order valence-corrected chi connectivity index (χ0v) is 9.83. The fourth-order valence-corrected chi connectivity index (χ4v) is 1.89. The maximum atomic E-state index is 11.1. The van der Waals surface area contributed by atoms with Crippen molar-refractivity contribution in [1.82, 2.24) is 9.97 Å². The molecule has 0 aliphatic carbocycles. The summed E-state index contributed by atoms with van der Waals surface area (Å²) in [6.45, 7) is 5.12. The van der Waals surface area contributed by atoms with Crippen molar-refractivity contribution in [3.63, 3.8) is 0 Å². The van der Waals surface area contributed by atoms with Crippen molar-refractivity contribution in [1.29, 1.82) is 0 Å². The summed E-state index contributed by atoms with van der Waals surface area (Å²) in [5.41, 5.74) is -0.00606. The lowest BCUT2D eigenvalue weighted by Crippen LogP contribution is -2.48. The molecule has 0 spiro atoms. The van der Waals surface area contributed by atoms with E-state index in [0.717, 1.165) is 0 Å². The molecule has 1 saturated heterocycles. The van der Waals surface area contributed by atoms with E-state index in [0.29, 0.717) is 19.0 Å². The van der Waals surface area contributed by atoms with Gasteiger partial charge in [-0.2, -0.15) is 0 Å². The van der Waals surface area contributed by atoms with Crippen LogP contribution >= 0.6 is 0 Å². The molecule has 1 aliphatic rings. The molecule has 0 amide bonds. The predicted molar refractivity (Wildman–Crippen MR) is 61.2 cm³/mol. The Morgan fingerprint density at radius 2 is 2.18 bits per heavy atom. The number of nitrogens with zero attached hydrogens (tertiary/aromatic N) is 3. The Kier molecular flexibility index (Phi) is 3.23. The number of morpholine rings is 1. The van der Waals surface area contributed by atoms with Gasteiger partial charge in [-0.3, -0.25) is 0 Å². The van der Waals surface area contributed by atoms with Crippen LogP contribution in [-0.2, 0) is 4.74 Å². The first-order valence-electron chi connectivity index (χ1n) is 5.52. The van der Waals surface area contributed by atoms with Crippen LogP contribution in [0.4, 0.5) is 5.82 Å². The van der Waals surface area contributed by atoms with E-state index in [2.05, 4.69) is 9.97 Å². The Bertz CT molecular complexity index is 424. The summed E-state index contributed by atoms with van der Waals surface area (Å²) >= 11 is 0. The summed E-state index contributed by atoms with van der Waals surface area (Å²) < 4.78 is 5.50. The van der Waals surface area contributed by atoms with Gasteiger partial charge in [0.2, 0.25) is 0 Å².